The normalized spacial score (nSPS) is 12.8. The van der Waals surface area contributed by atoms with Crippen LogP contribution in [0.4, 0.5) is 36.8 Å². The first-order valence-corrected chi connectivity index (χ1v) is 14.2. The second-order valence-corrected chi connectivity index (χ2v) is 12.5. The van der Waals surface area contributed by atoms with Crippen LogP contribution < -0.4 is 20.7 Å². The van der Waals surface area contributed by atoms with E-state index < -0.39 is 101 Å². The van der Waals surface area contributed by atoms with Crippen molar-refractivity contribution in [3.05, 3.63) is 58.1 Å². The standard InChI is InChI=1S/C30H32ClF6N3O8/c1-27(2,3)47-23(42)13-20(25(44)48-28(4,5)6)40-22(41)14-38-26(45)46-21-8-7-17(31)12-19(21)24(43)39-18-10-15(29(32,33)34)9-16(11-18)30(35,36)37/h7-12,20H,13-14H2,1-6H3,(H,38,45)(H,39,43)(H,40,41)/t20-/m0/s1. The van der Waals surface area contributed by atoms with Gasteiger partial charge in [-0.05, 0) is 77.9 Å². The molecule has 0 spiro atoms. The summed E-state index contributed by atoms with van der Waals surface area (Å²) >= 11 is 5.90. The van der Waals surface area contributed by atoms with Crippen LogP contribution in [0.2, 0.25) is 5.02 Å². The highest BCUT2D eigenvalue weighted by atomic mass is 35.5. The van der Waals surface area contributed by atoms with Crippen LogP contribution in [0.25, 0.3) is 0 Å². The van der Waals surface area contributed by atoms with Crippen molar-refractivity contribution < 1.29 is 64.5 Å². The van der Waals surface area contributed by atoms with Gasteiger partial charge in [0.1, 0.15) is 29.5 Å². The zero-order chi connectivity index (χ0) is 36.8. The molecule has 3 N–H and O–H groups in total. The van der Waals surface area contributed by atoms with E-state index in [9.17, 15) is 50.3 Å². The third-order valence-corrected chi connectivity index (χ3v) is 5.68. The molecule has 264 valence electrons. The highest BCUT2D eigenvalue weighted by Gasteiger charge is 2.37. The van der Waals surface area contributed by atoms with Crippen LogP contribution in [-0.4, -0.2) is 53.6 Å². The van der Waals surface area contributed by atoms with Crippen LogP contribution in [0.3, 0.4) is 0 Å². The Balaban J connectivity index is 2.18. The van der Waals surface area contributed by atoms with E-state index in [0.29, 0.717) is 0 Å². The van der Waals surface area contributed by atoms with Crippen molar-refractivity contribution in [2.24, 2.45) is 0 Å². The van der Waals surface area contributed by atoms with Gasteiger partial charge in [-0.2, -0.15) is 26.3 Å². The number of rotatable bonds is 9. The minimum atomic E-state index is -5.18. The lowest BCUT2D eigenvalue weighted by Crippen LogP contribution is -2.49. The zero-order valence-corrected chi connectivity index (χ0v) is 27.1. The molecule has 0 saturated carbocycles. The summed E-state index contributed by atoms with van der Waals surface area (Å²) in [5.41, 5.74) is -6.71. The summed E-state index contributed by atoms with van der Waals surface area (Å²) in [4.78, 5) is 63.0. The maximum Gasteiger partial charge on any atom is 0.416 e. The monoisotopic (exact) mass is 711 g/mol. The predicted molar refractivity (Wildman–Crippen MR) is 158 cm³/mol. The Bertz CT molecular complexity index is 1520. The molecule has 18 heteroatoms. The van der Waals surface area contributed by atoms with Crippen LogP contribution in [0.1, 0.15) is 69.4 Å². The summed E-state index contributed by atoms with van der Waals surface area (Å²) in [6.07, 6.45) is -12.3. The number of anilines is 1. The fraction of sp³-hybridized carbons (Fsp3) is 0.433. The van der Waals surface area contributed by atoms with E-state index in [1.807, 2.05) is 10.6 Å². The summed E-state index contributed by atoms with van der Waals surface area (Å²) in [6, 6.07) is 1.99. The molecule has 2 aromatic carbocycles. The topological polar surface area (TPSA) is 149 Å². The number of carbonyl (C=O) groups excluding carboxylic acids is 5. The van der Waals surface area contributed by atoms with Gasteiger partial charge in [0.15, 0.2) is 0 Å². The van der Waals surface area contributed by atoms with Gasteiger partial charge in [-0.25, -0.2) is 9.59 Å². The van der Waals surface area contributed by atoms with Crippen molar-refractivity contribution in [3.63, 3.8) is 0 Å². The summed E-state index contributed by atoms with van der Waals surface area (Å²) < 4.78 is 94.9. The molecule has 0 radical (unpaired) electrons. The highest BCUT2D eigenvalue weighted by Crippen LogP contribution is 2.38. The number of esters is 2. The van der Waals surface area contributed by atoms with Crippen molar-refractivity contribution in [1.82, 2.24) is 10.6 Å². The van der Waals surface area contributed by atoms with Gasteiger partial charge < -0.3 is 30.2 Å². The van der Waals surface area contributed by atoms with Gasteiger partial charge in [0.25, 0.3) is 5.91 Å². The summed E-state index contributed by atoms with van der Waals surface area (Å²) in [5.74, 6) is -4.63. The number of benzene rings is 2. The molecule has 0 aliphatic rings. The lowest BCUT2D eigenvalue weighted by Gasteiger charge is -2.25. The fourth-order valence-corrected chi connectivity index (χ4v) is 3.82. The Morgan fingerprint density at radius 1 is 0.792 bits per heavy atom. The van der Waals surface area contributed by atoms with Gasteiger partial charge in [0.05, 0.1) is 23.1 Å². The van der Waals surface area contributed by atoms with E-state index in [1.165, 1.54) is 0 Å². The molecule has 0 aliphatic heterocycles. The van der Waals surface area contributed by atoms with E-state index in [2.05, 4.69) is 5.32 Å². The largest absolute Gasteiger partial charge is 0.460 e. The third-order valence-electron chi connectivity index (χ3n) is 5.45. The minimum Gasteiger partial charge on any atom is -0.460 e. The molecular formula is C30H32ClF6N3O8. The smallest absolute Gasteiger partial charge is 0.416 e. The van der Waals surface area contributed by atoms with Gasteiger partial charge in [0, 0.05) is 10.7 Å². The molecule has 0 aliphatic carbocycles. The van der Waals surface area contributed by atoms with Crippen molar-refractivity contribution >= 4 is 47.1 Å². The van der Waals surface area contributed by atoms with Crippen molar-refractivity contribution in [1.29, 1.82) is 0 Å². The second-order valence-electron chi connectivity index (χ2n) is 12.1. The number of alkyl halides is 6. The third kappa shape index (κ3) is 13.3. The Hall–Kier alpha value is -4.54. The Kier molecular flexibility index (Phi) is 12.5. The molecule has 11 nitrogen and oxygen atoms in total. The SMILES string of the molecule is CC(C)(C)OC(=O)C[C@H](NC(=O)CNC(=O)Oc1ccc(Cl)cc1C(=O)Nc1cc(C(F)(F)F)cc(C(F)(F)F)c1)C(=O)OC(C)(C)C. The number of hydrogen-bond acceptors (Lipinski definition) is 8. The summed E-state index contributed by atoms with van der Waals surface area (Å²) in [5, 5.41) is 6.06. The Morgan fingerprint density at radius 2 is 1.33 bits per heavy atom. The van der Waals surface area contributed by atoms with Gasteiger partial charge in [-0.15, -0.1) is 0 Å². The number of carbonyl (C=O) groups is 5. The van der Waals surface area contributed by atoms with Crippen LogP contribution in [0, 0.1) is 0 Å². The lowest BCUT2D eigenvalue weighted by atomic mass is 10.1. The van der Waals surface area contributed by atoms with E-state index in [-0.39, 0.29) is 23.2 Å². The number of hydrogen-bond donors (Lipinski definition) is 3. The number of ether oxygens (including phenoxy) is 3. The molecule has 0 aromatic heterocycles. The molecular weight excluding hydrogens is 680 g/mol. The summed E-state index contributed by atoms with van der Waals surface area (Å²) in [6.45, 7) is 8.61. The molecule has 0 heterocycles. The average Bonchev–Trinajstić information content (AvgIpc) is 2.89. The molecule has 1 atom stereocenters. The maximum atomic E-state index is 13.2. The first-order valence-electron chi connectivity index (χ1n) is 13.8. The first-order chi connectivity index (χ1) is 21.7. The number of nitrogens with one attached hydrogen (secondary N) is 3. The van der Waals surface area contributed by atoms with Gasteiger partial charge >= 0.3 is 30.4 Å². The van der Waals surface area contributed by atoms with E-state index in [4.69, 9.17) is 25.8 Å². The molecule has 48 heavy (non-hydrogen) atoms. The van der Waals surface area contributed by atoms with E-state index in [0.717, 1.165) is 18.2 Å². The number of amides is 3. The van der Waals surface area contributed by atoms with Crippen LogP contribution in [0.5, 0.6) is 5.75 Å². The summed E-state index contributed by atoms with van der Waals surface area (Å²) in [7, 11) is 0. The maximum absolute atomic E-state index is 13.2. The van der Waals surface area contributed by atoms with E-state index >= 15 is 0 Å². The minimum absolute atomic E-state index is 0.120. The number of halogens is 7. The molecule has 0 saturated heterocycles. The average molecular weight is 712 g/mol. The van der Waals surface area contributed by atoms with E-state index in [1.54, 1.807) is 41.5 Å². The molecule has 2 aromatic rings. The second kappa shape index (κ2) is 15.1. The predicted octanol–water partition coefficient (Wildman–Crippen LogP) is 6.28. The molecule has 0 unspecified atom stereocenters. The quantitative estimate of drug-likeness (QED) is 0.203. The van der Waals surface area contributed by atoms with Crippen molar-refractivity contribution in [2.75, 3.05) is 11.9 Å². The van der Waals surface area contributed by atoms with Gasteiger partial charge in [-0.3, -0.25) is 14.4 Å². The molecule has 2 rings (SSSR count). The van der Waals surface area contributed by atoms with Crippen LogP contribution >= 0.6 is 11.6 Å². The molecule has 3 amide bonds. The highest BCUT2D eigenvalue weighted by molar-refractivity contribution is 6.31. The van der Waals surface area contributed by atoms with Gasteiger partial charge in [0.2, 0.25) is 5.91 Å². The van der Waals surface area contributed by atoms with Crippen LogP contribution in [-0.2, 0) is 36.2 Å². The Morgan fingerprint density at radius 3 is 1.83 bits per heavy atom. The molecule has 0 bridgehead atoms. The Labute approximate surface area is 275 Å². The zero-order valence-electron chi connectivity index (χ0n) is 26.4. The fourth-order valence-electron chi connectivity index (χ4n) is 3.64. The molecule has 0 fully saturated rings. The van der Waals surface area contributed by atoms with Crippen molar-refractivity contribution in [2.45, 2.75) is 77.6 Å². The van der Waals surface area contributed by atoms with Crippen molar-refractivity contribution in [3.8, 4) is 5.75 Å². The van der Waals surface area contributed by atoms with Crippen LogP contribution in [0.15, 0.2) is 36.4 Å². The van der Waals surface area contributed by atoms with Gasteiger partial charge in [-0.1, -0.05) is 11.6 Å². The first kappa shape index (κ1) is 39.6. The lowest BCUT2D eigenvalue weighted by molar-refractivity contribution is -0.165.